The number of ether oxygens (including phenoxy) is 1. The van der Waals surface area contributed by atoms with Gasteiger partial charge in [-0.05, 0) is 50.4 Å². The van der Waals surface area contributed by atoms with Crippen LogP contribution in [-0.4, -0.2) is 22.9 Å². The van der Waals surface area contributed by atoms with Crippen LogP contribution in [0.25, 0.3) is 0 Å². The minimum Gasteiger partial charge on any atom is -0.390 e. The first-order chi connectivity index (χ1) is 9.16. The molecule has 3 aliphatic rings. The molecule has 0 aromatic rings. The average Bonchev–Trinajstić information content (AvgIpc) is 2.87. The summed E-state index contributed by atoms with van der Waals surface area (Å²) in [6.45, 7) is 3.16. The quantitative estimate of drug-likeness (QED) is 0.817. The third-order valence-corrected chi connectivity index (χ3v) is 6.21. The molecule has 1 aliphatic heterocycles. The molecule has 0 aromatic heterocycles. The SMILES string of the molecule is CCC1CCCC(O)(C2CCOC3(CCCC3)C2)C1. The molecule has 0 bridgehead atoms. The van der Waals surface area contributed by atoms with Crippen LogP contribution in [0, 0.1) is 11.8 Å². The maximum absolute atomic E-state index is 11.2. The van der Waals surface area contributed by atoms with Crippen LogP contribution in [0.4, 0.5) is 0 Å². The molecule has 2 saturated carbocycles. The maximum Gasteiger partial charge on any atom is 0.0686 e. The van der Waals surface area contributed by atoms with E-state index < -0.39 is 0 Å². The zero-order valence-electron chi connectivity index (χ0n) is 12.5. The molecule has 0 amide bonds. The molecule has 19 heavy (non-hydrogen) atoms. The van der Waals surface area contributed by atoms with Crippen LogP contribution in [0.1, 0.15) is 77.6 Å². The molecule has 1 saturated heterocycles. The molecule has 1 N–H and O–H groups in total. The van der Waals surface area contributed by atoms with Gasteiger partial charge in [0.25, 0.3) is 0 Å². The second-order valence-electron chi connectivity index (χ2n) is 7.40. The van der Waals surface area contributed by atoms with Gasteiger partial charge in [0.2, 0.25) is 0 Å². The summed E-state index contributed by atoms with van der Waals surface area (Å²) in [6.07, 6.45) is 13.2. The van der Waals surface area contributed by atoms with E-state index in [0.29, 0.717) is 5.92 Å². The average molecular weight is 266 g/mol. The molecule has 110 valence electrons. The molecule has 2 aliphatic carbocycles. The molecule has 3 rings (SSSR count). The highest BCUT2D eigenvalue weighted by Crippen LogP contribution is 2.49. The summed E-state index contributed by atoms with van der Waals surface area (Å²) in [5, 5.41) is 11.2. The highest BCUT2D eigenvalue weighted by molar-refractivity contribution is 4.99. The first kappa shape index (κ1) is 13.9. The van der Waals surface area contributed by atoms with Gasteiger partial charge in [-0.2, -0.15) is 0 Å². The Morgan fingerprint density at radius 1 is 1.05 bits per heavy atom. The van der Waals surface area contributed by atoms with E-state index in [1.807, 2.05) is 0 Å². The summed E-state index contributed by atoms with van der Waals surface area (Å²) in [5.41, 5.74) is -0.226. The van der Waals surface area contributed by atoms with Crippen LogP contribution < -0.4 is 0 Å². The Labute approximate surface area is 117 Å². The molecule has 2 nitrogen and oxygen atoms in total. The van der Waals surface area contributed by atoms with Gasteiger partial charge in [-0.15, -0.1) is 0 Å². The molecular formula is C17H30O2. The molecule has 1 spiro atoms. The number of hydrogen-bond donors (Lipinski definition) is 1. The largest absolute Gasteiger partial charge is 0.390 e. The Bertz CT molecular complexity index is 308. The van der Waals surface area contributed by atoms with Crippen molar-refractivity contribution in [1.82, 2.24) is 0 Å². The van der Waals surface area contributed by atoms with E-state index in [-0.39, 0.29) is 11.2 Å². The second kappa shape index (κ2) is 5.37. The van der Waals surface area contributed by atoms with Crippen molar-refractivity contribution in [3.8, 4) is 0 Å². The predicted octanol–water partition coefficient (Wildman–Crippen LogP) is 4.06. The third kappa shape index (κ3) is 2.71. The maximum atomic E-state index is 11.2. The lowest BCUT2D eigenvalue weighted by atomic mass is 9.66. The van der Waals surface area contributed by atoms with Gasteiger partial charge in [-0.3, -0.25) is 0 Å². The van der Waals surface area contributed by atoms with E-state index in [1.54, 1.807) is 0 Å². The fraction of sp³-hybridized carbons (Fsp3) is 1.00. The van der Waals surface area contributed by atoms with Gasteiger partial charge < -0.3 is 9.84 Å². The predicted molar refractivity (Wildman–Crippen MR) is 77.1 cm³/mol. The topological polar surface area (TPSA) is 29.5 Å². The third-order valence-electron chi connectivity index (χ3n) is 6.21. The van der Waals surface area contributed by atoms with Gasteiger partial charge in [0.05, 0.1) is 11.2 Å². The van der Waals surface area contributed by atoms with Gasteiger partial charge in [0.15, 0.2) is 0 Å². The Balaban J connectivity index is 1.69. The molecule has 2 heteroatoms. The summed E-state index contributed by atoms with van der Waals surface area (Å²) >= 11 is 0. The molecule has 1 heterocycles. The van der Waals surface area contributed by atoms with Crippen LogP contribution in [0.2, 0.25) is 0 Å². The highest BCUT2D eigenvalue weighted by Gasteiger charge is 2.48. The lowest BCUT2D eigenvalue weighted by Gasteiger charge is -2.48. The van der Waals surface area contributed by atoms with Crippen LogP contribution in [0.5, 0.6) is 0 Å². The van der Waals surface area contributed by atoms with Crippen molar-refractivity contribution in [3.63, 3.8) is 0 Å². The smallest absolute Gasteiger partial charge is 0.0686 e. The Kier molecular flexibility index (Phi) is 3.92. The minimum absolute atomic E-state index is 0.151. The zero-order chi connectivity index (χ0) is 13.3. The summed E-state index contributed by atoms with van der Waals surface area (Å²) < 4.78 is 6.13. The summed E-state index contributed by atoms with van der Waals surface area (Å²) in [7, 11) is 0. The van der Waals surface area contributed by atoms with Crippen LogP contribution in [0.15, 0.2) is 0 Å². The van der Waals surface area contributed by atoms with E-state index in [1.165, 1.54) is 44.9 Å². The Morgan fingerprint density at radius 3 is 2.58 bits per heavy atom. The van der Waals surface area contributed by atoms with E-state index in [2.05, 4.69) is 6.92 Å². The first-order valence-electron chi connectivity index (χ1n) is 8.52. The van der Waals surface area contributed by atoms with Gasteiger partial charge >= 0.3 is 0 Å². The van der Waals surface area contributed by atoms with Crippen molar-refractivity contribution < 1.29 is 9.84 Å². The van der Waals surface area contributed by atoms with Gasteiger partial charge in [-0.1, -0.05) is 39.0 Å². The molecule has 3 fully saturated rings. The summed E-state index contributed by atoms with van der Waals surface area (Å²) in [4.78, 5) is 0. The van der Waals surface area contributed by atoms with Crippen LogP contribution >= 0.6 is 0 Å². The van der Waals surface area contributed by atoms with Gasteiger partial charge in [0.1, 0.15) is 0 Å². The van der Waals surface area contributed by atoms with Crippen molar-refractivity contribution in [2.24, 2.45) is 11.8 Å². The van der Waals surface area contributed by atoms with Gasteiger partial charge in [0, 0.05) is 6.61 Å². The van der Waals surface area contributed by atoms with Crippen molar-refractivity contribution in [3.05, 3.63) is 0 Å². The zero-order valence-corrected chi connectivity index (χ0v) is 12.5. The normalized spacial score (nSPS) is 42.6. The molecule has 3 atom stereocenters. The fourth-order valence-corrected chi connectivity index (χ4v) is 4.97. The van der Waals surface area contributed by atoms with E-state index >= 15 is 0 Å². The van der Waals surface area contributed by atoms with Crippen molar-refractivity contribution in [2.45, 2.75) is 88.8 Å². The van der Waals surface area contributed by atoms with Crippen molar-refractivity contribution in [1.29, 1.82) is 0 Å². The standard InChI is InChI=1S/C17H30O2/c1-2-14-6-5-10-17(18,12-14)15-7-11-19-16(13-15)8-3-4-9-16/h14-15,18H,2-13H2,1H3. The Hall–Kier alpha value is -0.0800. The second-order valence-corrected chi connectivity index (χ2v) is 7.40. The van der Waals surface area contributed by atoms with Crippen molar-refractivity contribution >= 4 is 0 Å². The number of hydrogen-bond acceptors (Lipinski definition) is 2. The van der Waals surface area contributed by atoms with Crippen molar-refractivity contribution in [2.75, 3.05) is 6.61 Å². The molecule has 3 unspecified atom stereocenters. The monoisotopic (exact) mass is 266 g/mol. The number of aliphatic hydroxyl groups is 1. The van der Waals surface area contributed by atoms with E-state index in [4.69, 9.17) is 4.74 Å². The van der Waals surface area contributed by atoms with Crippen LogP contribution in [-0.2, 0) is 4.74 Å². The summed E-state index contributed by atoms with van der Waals surface area (Å²) in [6, 6.07) is 0. The van der Waals surface area contributed by atoms with E-state index in [0.717, 1.165) is 38.2 Å². The minimum atomic E-state index is -0.377. The lowest BCUT2D eigenvalue weighted by Crippen LogP contribution is -2.49. The fourth-order valence-electron chi connectivity index (χ4n) is 4.97. The lowest BCUT2D eigenvalue weighted by molar-refractivity contribution is -0.154. The number of rotatable bonds is 2. The Morgan fingerprint density at radius 2 is 1.84 bits per heavy atom. The van der Waals surface area contributed by atoms with Gasteiger partial charge in [-0.25, -0.2) is 0 Å². The molecule has 0 radical (unpaired) electrons. The first-order valence-corrected chi connectivity index (χ1v) is 8.52. The molecular weight excluding hydrogens is 236 g/mol. The highest BCUT2D eigenvalue weighted by atomic mass is 16.5. The van der Waals surface area contributed by atoms with E-state index in [9.17, 15) is 5.11 Å². The summed E-state index contributed by atoms with van der Waals surface area (Å²) in [5.74, 6) is 1.25. The van der Waals surface area contributed by atoms with Crippen LogP contribution in [0.3, 0.4) is 0 Å². The molecule has 0 aromatic carbocycles.